The molecule has 0 spiro atoms. The molecular weight excluding hydrogens is 363 g/mol. The number of nitrogens with two attached hydrogens (primary N) is 1. The normalized spacial score (nSPS) is 10.2. The van der Waals surface area contributed by atoms with E-state index in [1.807, 2.05) is 0 Å². The summed E-state index contributed by atoms with van der Waals surface area (Å²) in [6.07, 6.45) is 0. The van der Waals surface area contributed by atoms with E-state index in [1.165, 1.54) is 36.4 Å². The van der Waals surface area contributed by atoms with Crippen molar-refractivity contribution >= 4 is 45.0 Å². The van der Waals surface area contributed by atoms with Crippen molar-refractivity contribution in [2.45, 2.75) is 0 Å². The molecule has 0 atom stereocenters. The number of nitrogens with one attached hydrogen (secondary N) is 1. The molecule has 2 aromatic rings. The molecule has 0 radical (unpaired) electrons. The molecule has 21 heavy (non-hydrogen) atoms. The van der Waals surface area contributed by atoms with Crippen LogP contribution in [0, 0.1) is 5.82 Å². The minimum Gasteiger partial charge on any atom is -0.366 e. The second-order valence-electron chi connectivity index (χ2n) is 4.11. The van der Waals surface area contributed by atoms with Crippen molar-refractivity contribution < 1.29 is 14.0 Å². The average Bonchev–Trinajstić information content (AvgIpc) is 2.43. The molecule has 108 valence electrons. The van der Waals surface area contributed by atoms with Crippen LogP contribution in [0.4, 0.5) is 10.1 Å². The van der Waals surface area contributed by atoms with Gasteiger partial charge in [-0.1, -0.05) is 17.7 Å². The summed E-state index contributed by atoms with van der Waals surface area (Å²) >= 11 is 8.83. The van der Waals surface area contributed by atoms with Gasteiger partial charge in [-0.3, -0.25) is 9.59 Å². The van der Waals surface area contributed by atoms with E-state index in [2.05, 4.69) is 21.2 Å². The largest absolute Gasteiger partial charge is 0.366 e. The van der Waals surface area contributed by atoms with Crippen molar-refractivity contribution in [3.8, 4) is 0 Å². The number of amides is 2. The van der Waals surface area contributed by atoms with E-state index < -0.39 is 17.6 Å². The molecule has 0 heterocycles. The molecule has 0 aromatic heterocycles. The fourth-order valence-corrected chi connectivity index (χ4v) is 2.32. The Labute approximate surface area is 133 Å². The van der Waals surface area contributed by atoms with Crippen LogP contribution in [0.25, 0.3) is 0 Å². The van der Waals surface area contributed by atoms with Crippen molar-refractivity contribution in [1.82, 2.24) is 0 Å². The SMILES string of the molecule is NC(=O)c1cc(NC(=O)c2cccc(F)c2Br)ccc1Cl. The minimum atomic E-state index is -0.706. The Morgan fingerprint density at radius 3 is 2.57 bits per heavy atom. The molecule has 0 fully saturated rings. The third-order valence-corrected chi connectivity index (χ3v) is 3.82. The van der Waals surface area contributed by atoms with Crippen LogP contribution < -0.4 is 11.1 Å². The monoisotopic (exact) mass is 370 g/mol. The highest BCUT2D eigenvalue weighted by Gasteiger charge is 2.14. The summed E-state index contributed by atoms with van der Waals surface area (Å²) in [7, 11) is 0. The van der Waals surface area contributed by atoms with E-state index in [9.17, 15) is 14.0 Å². The first-order valence-corrected chi connectivity index (χ1v) is 6.92. The van der Waals surface area contributed by atoms with Gasteiger partial charge in [0.1, 0.15) is 5.82 Å². The summed E-state index contributed by atoms with van der Waals surface area (Å²) in [4.78, 5) is 23.3. The molecule has 2 amide bonds. The zero-order chi connectivity index (χ0) is 15.6. The van der Waals surface area contributed by atoms with Crippen LogP contribution in [0.3, 0.4) is 0 Å². The molecule has 4 nitrogen and oxygen atoms in total. The van der Waals surface area contributed by atoms with E-state index in [0.717, 1.165) is 0 Å². The number of primary amides is 1. The minimum absolute atomic E-state index is 0.0617. The first-order valence-electron chi connectivity index (χ1n) is 5.75. The number of hydrogen-bond donors (Lipinski definition) is 2. The summed E-state index contributed by atoms with van der Waals surface area (Å²) in [6, 6.07) is 8.43. The first-order chi connectivity index (χ1) is 9.90. The molecule has 0 saturated carbocycles. The highest BCUT2D eigenvalue weighted by Crippen LogP contribution is 2.23. The lowest BCUT2D eigenvalue weighted by molar-refractivity contribution is 0.0996. The smallest absolute Gasteiger partial charge is 0.256 e. The lowest BCUT2D eigenvalue weighted by atomic mass is 10.1. The lowest BCUT2D eigenvalue weighted by Gasteiger charge is -2.09. The van der Waals surface area contributed by atoms with Crippen LogP contribution in [0.15, 0.2) is 40.9 Å². The van der Waals surface area contributed by atoms with Crippen LogP contribution in [0.1, 0.15) is 20.7 Å². The van der Waals surface area contributed by atoms with Crippen LogP contribution in [0.5, 0.6) is 0 Å². The Bertz CT molecular complexity index is 737. The zero-order valence-electron chi connectivity index (χ0n) is 10.5. The van der Waals surface area contributed by atoms with Crippen molar-refractivity contribution in [2.75, 3.05) is 5.32 Å². The molecule has 0 aliphatic carbocycles. The van der Waals surface area contributed by atoms with Gasteiger partial charge in [-0.25, -0.2) is 4.39 Å². The Balaban J connectivity index is 2.30. The molecule has 2 rings (SSSR count). The highest BCUT2D eigenvalue weighted by atomic mass is 79.9. The van der Waals surface area contributed by atoms with E-state index >= 15 is 0 Å². The van der Waals surface area contributed by atoms with Gasteiger partial charge in [0.2, 0.25) is 5.91 Å². The maximum absolute atomic E-state index is 13.4. The van der Waals surface area contributed by atoms with Gasteiger partial charge in [-0.15, -0.1) is 0 Å². The third kappa shape index (κ3) is 3.40. The molecular formula is C14H9BrClFN2O2. The standard InChI is InChI=1S/C14H9BrClFN2O2/c15-12-8(2-1-3-11(12)17)14(21)19-7-4-5-10(16)9(6-7)13(18)20/h1-6H,(H2,18,20)(H,19,21). The van der Waals surface area contributed by atoms with Crippen molar-refractivity contribution in [3.05, 3.63) is 62.8 Å². The second-order valence-corrected chi connectivity index (χ2v) is 5.31. The lowest BCUT2D eigenvalue weighted by Crippen LogP contribution is -2.15. The van der Waals surface area contributed by atoms with E-state index in [0.29, 0.717) is 5.69 Å². The Morgan fingerprint density at radius 1 is 1.19 bits per heavy atom. The van der Waals surface area contributed by atoms with Gasteiger partial charge < -0.3 is 11.1 Å². The summed E-state index contributed by atoms with van der Waals surface area (Å²) in [5, 5.41) is 2.73. The van der Waals surface area contributed by atoms with Gasteiger partial charge in [-0.2, -0.15) is 0 Å². The van der Waals surface area contributed by atoms with Gasteiger partial charge >= 0.3 is 0 Å². The fraction of sp³-hybridized carbons (Fsp3) is 0. The Kier molecular flexibility index (Phi) is 4.59. The number of benzene rings is 2. The van der Waals surface area contributed by atoms with Crippen molar-refractivity contribution in [1.29, 1.82) is 0 Å². The van der Waals surface area contributed by atoms with Gasteiger partial charge in [-0.05, 0) is 46.3 Å². The average molecular weight is 372 g/mol. The third-order valence-electron chi connectivity index (χ3n) is 2.69. The fourth-order valence-electron chi connectivity index (χ4n) is 1.67. The predicted molar refractivity (Wildman–Crippen MR) is 82.0 cm³/mol. The van der Waals surface area contributed by atoms with Gasteiger partial charge in [0.15, 0.2) is 0 Å². The number of carbonyl (C=O) groups excluding carboxylic acids is 2. The molecule has 0 saturated heterocycles. The maximum atomic E-state index is 13.4. The van der Waals surface area contributed by atoms with Crippen molar-refractivity contribution in [3.63, 3.8) is 0 Å². The summed E-state index contributed by atoms with van der Waals surface area (Å²) < 4.78 is 13.5. The molecule has 0 unspecified atom stereocenters. The number of carbonyl (C=O) groups is 2. The first kappa shape index (κ1) is 15.5. The quantitative estimate of drug-likeness (QED) is 0.865. The zero-order valence-corrected chi connectivity index (χ0v) is 12.8. The van der Waals surface area contributed by atoms with Gasteiger partial charge in [0.25, 0.3) is 5.91 Å². The van der Waals surface area contributed by atoms with Crippen molar-refractivity contribution in [2.24, 2.45) is 5.73 Å². The van der Waals surface area contributed by atoms with E-state index in [-0.39, 0.29) is 20.6 Å². The van der Waals surface area contributed by atoms with Crippen LogP contribution in [-0.4, -0.2) is 11.8 Å². The van der Waals surface area contributed by atoms with Crippen LogP contribution in [0.2, 0.25) is 5.02 Å². The molecule has 3 N–H and O–H groups in total. The maximum Gasteiger partial charge on any atom is 0.256 e. The summed E-state index contributed by atoms with van der Waals surface area (Å²) in [6.45, 7) is 0. The van der Waals surface area contributed by atoms with Crippen LogP contribution >= 0.6 is 27.5 Å². The molecule has 2 aromatic carbocycles. The predicted octanol–water partition coefficient (Wildman–Crippen LogP) is 3.59. The molecule has 7 heteroatoms. The number of halogens is 3. The van der Waals surface area contributed by atoms with Gasteiger partial charge in [0, 0.05) is 5.69 Å². The summed E-state index contributed by atoms with van der Waals surface area (Å²) in [5.41, 5.74) is 5.73. The van der Waals surface area contributed by atoms with E-state index in [4.69, 9.17) is 17.3 Å². The van der Waals surface area contributed by atoms with E-state index in [1.54, 1.807) is 0 Å². The number of hydrogen-bond acceptors (Lipinski definition) is 2. The van der Waals surface area contributed by atoms with Crippen LogP contribution in [-0.2, 0) is 0 Å². The molecule has 0 aliphatic rings. The Morgan fingerprint density at radius 2 is 1.90 bits per heavy atom. The summed E-state index contributed by atoms with van der Waals surface area (Å²) in [5.74, 6) is -1.78. The molecule has 0 bridgehead atoms. The highest BCUT2D eigenvalue weighted by molar-refractivity contribution is 9.10. The second kappa shape index (κ2) is 6.24. The topological polar surface area (TPSA) is 72.2 Å². The number of rotatable bonds is 3. The Hall–Kier alpha value is -1.92. The molecule has 0 aliphatic heterocycles. The van der Waals surface area contributed by atoms with Gasteiger partial charge in [0.05, 0.1) is 20.6 Å². The number of anilines is 1.